The highest BCUT2D eigenvalue weighted by molar-refractivity contribution is 7.92. The summed E-state index contributed by atoms with van der Waals surface area (Å²) < 4.78 is 26.6. The number of hydrogen-bond acceptors (Lipinski definition) is 4. The van der Waals surface area contributed by atoms with Crippen LogP contribution in [0.5, 0.6) is 0 Å². The zero-order valence-electron chi connectivity index (χ0n) is 22.8. The number of carbonyl (C=O) groups excluding carboxylic acids is 2. The summed E-state index contributed by atoms with van der Waals surface area (Å²) in [5, 5.41) is 3.32. The molecule has 0 aromatic heterocycles. The van der Waals surface area contributed by atoms with E-state index in [0.717, 1.165) is 27.3 Å². The van der Waals surface area contributed by atoms with E-state index >= 15 is 0 Å². The van der Waals surface area contributed by atoms with E-state index < -0.39 is 28.5 Å². The second-order valence-electron chi connectivity index (χ2n) is 10.1. The van der Waals surface area contributed by atoms with E-state index in [1.54, 1.807) is 18.2 Å². The van der Waals surface area contributed by atoms with Gasteiger partial charge in [0.1, 0.15) is 12.6 Å². The highest BCUT2D eigenvalue weighted by Crippen LogP contribution is 2.23. The van der Waals surface area contributed by atoms with E-state index in [1.807, 2.05) is 75.4 Å². The lowest BCUT2D eigenvalue weighted by Crippen LogP contribution is -2.53. The first-order valence-electron chi connectivity index (χ1n) is 12.8. The minimum Gasteiger partial charge on any atom is -0.354 e. The summed E-state index contributed by atoms with van der Waals surface area (Å²) in [7, 11) is -3.84. The van der Waals surface area contributed by atoms with Gasteiger partial charge in [-0.1, -0.05) is 91.7 Å². The quantitative estimate of drug-likeness (QED) is 0.338. The van der Waals surface area contributed by atoms with Crippen molar-refractivity contribution in [3.05, 3.63) is 101 Å². The van der Waals surface area contributed by atoms with Crippen LogP contribution in [0.2, 0.25) is 5.02 Å². The van der Waals surface area contributed by atoms with Crippen LogP contribution in [0.4, 0.5) is 5.69 Å². The number of aryl methyl sites for hydroxylation is 1. The molecule has 0 aliphatic carbocycles. The van der Waals surface area contributed by atoms with Gasteiger partial charge in [0.2, 0.25) is 21.8 Å². The van der Waals surface area contributed by atoms with Gasteiger partial charge in [-0.15, -0.1) is 0 Å². The van der Waals surface area contributed by atoms with Gasteiger partial charge in [-0.3, -0.25) is 13.9 Å². The molecule has 9 heteroatoms. The molecule has 208 valence electrons. The molecule has 0 fully saturated rings. The summed E-state index contributed by atoms with van der Waals surface area (Å²) in [4.78, 5) is 29.1. The number of rotatable bonds is 12. The van der Waals surface area contributed by atoms with Crippen molar-refractivity contribution in [1.82, 2.24) is 10.2 Å². The Labute approximate surface area is 236 Å². The number of carbonyl (C=O) groups is 2. The molecule has 0 saturated carbocycles. The molecule has 3 aromatic carbocycles. The number of benzene rings is 3. The Hall–Kier alpha value is -3.36. The Kier molecular flexibility index (Phi) is 10.5. The van der Waals surface area contributed by atoms with Crippen LogP contribution in [-0.4, -0.2) is 50.5 Å². The number of nitrogens with one attached hydrogen (secondary N) is 1. The summed E-state index contributed by atoms with van der Waals surface area (Å²) in [6, 6.07) is 22.7. The molecular weight excluding hydrogens is 534 g/mol. The van der Waals surface area contributed by atoms with Crippen LogP contribution in [0, 0.1) is 12.8 Å². The fourth-order valence-corrected chi connectivity index (χ4v) is 5.14. The zero-order valence-corrected chi connectivity index (χ0v) is 24.4. The van der Waals surface area contributed by atoms with Gasteiger partial charge < -0.3 is 10.2 Å². The van der Waals surface area contributed by atoms with Crippen LogP contribution >= 0.6 is 11.6 Å². The third-order valence-corrected chi connectivity index (χ3v) is 7.58. The molecule has 0 spiro atoms. The van der Waals surface area contributed by atoms with Gasteiger partial charge in [-0.25, -0.2) is 8.42 Å². The summed E-state index contributed by atoms with van der Waals surface area (Å²) in [6.07, 6.45) is 1.32. The highest BCUT2D eigenvalue weighted by Gasteiger charge is 2.33. The maximum absolute atomic E-state index is 14.0. The summed E-state index contributed by atoms with van der Waals surface area (Å²) in [6.45, 7) is 6.08. The van der Waals surface area contributed by atoms with Crippen molar-refractivity contribution in [2.45, 2.75) is 39.8 Å². The van der Waals surface area contributed by atoms with Gasteiger partial charge in [0.25, 0.3) is 0 Å². The molecule has 0 heterocycles. The Morgan fingerprint density at radius 3 is 2.18 bits per heavy atom. The Morgan fingerprint density at radius 2 is 1.59 bits per heavy atom. The number of hydrogen-bond donors (Lipinski definition) is 1. The largest absolute Gasteiger partial charge is 0.354 e. The van der Waals surface area contributed by atoms with Crippen LogP contribution in [0.25, 0.3) is 0 Å². The van der Waals surface area contributed by atoms with Crippen molar-refractivity contribution in [2.75, 3.05) is 23.7 Å². The molecule has 0 radical (unpaired) electrons. The summed E-state index contributed by atoms with van der Waals surface area (Å²) in [5.74, 6) is -0.570. The van der Waals surface area contributed by atoms with Crippen molar-refractivity contribution < 1.29 is 18.0 Å². The monoisotopic (exact) mass is 569 g/mol. The Bertz CT molecular complexity index is 1360. The second kappa shape index (κ2) is 13.6. The average molecular weight is 570 g/mol. The minimum atomic E-state index is -3.84. The minimum absolute atomic E-state index is 0.138. The predicted octanol–water partition coefficient (Wildman–Crippen LogP) is 4.83. The maximum atomic E-state index is 14.0. The zero-order chi connectivity index (χ0) is 28.6. The van der Waals surface area contributed by atoms with E-state index in [9.17, 15) is 18.0 Å². The molecule has 0 aliphatic rings. The molecule has 2 amide bonds. The highest BCUT2D eigenvalue weighted by atomic mass is 35.5. The summed E-state index contributed by atoms with van der Waals surface area (Å²) in [5.41, 5.74) is 3.06. The lowest BCUT2D eigenvalue weighted by molar-refractivity contribution is -0.140. The first kappa shape index (κ1) is 30.2. The molecule has 0 unspecified atom stereocenters. The molecule has 39 heavy (non-hydrogen) atoms. The smallest absolute Gasteiger partial charge is 0.244 e. The normalized spacial score (nSPS) is 12.2. The Morgan fingerprint density at radius 1 is 0.923 bits per heavy atom. The molecule has 0 bridgehead atoms. The van der Waals surface area contributed by atoms with Crippen LogP contribution in [0.15, 0.2) is 78.9 Å². The predicted molar refractivity (Wildman–Crippen MR) is 157 cm³/mol. The van der Waals surface area contributed by atoms with E-state index in [1.165, 1.54) is 11.0 Å². The fraction of sp³-hybridized carbons (Fsp3) is 0.333. The lowest BCUT2D eigenvalue weighted by Gasteiger charge is -2.33. The van der Waals surface area contributed by atoms with Crippen molar-refractivity contribution in [3.63, 3.8) is 0 Å². The first-order chi connectivity index (χ1) is 18.4. The molecular formula is C30H36ClN3O4S. The van der Waals surface area contributed by atoms with Crippen molar-refractivity contribution in [2.24, 2.45) is 5.92 Å². The van der Waals surface area contributed by atoms with E-state index in [2.05, 4.69) is 5.32 Å². The molecule has 1 N–H and O–H groups in total. The van der Waals surface area contributed by atoms with Gasteiger partial charge in [-0.05, 0) is 42.2 Å². The number of anilines is 1. The second-order valence-corrected chi connectivity index (χ2v) is 12.4. The number of halogens is 1. The average Bonchev–Trinajstić information content (AvgIpc) is 2.88. The molecule has 0 saturated heterocycles. The van der Waals surface area contributed by atoms with Gasteiger partial charge in [0, 0.05) is 24.5 Å². The van der Waals surface area contributed by atoms with Crippen LogP contribution in [0.3, 0.4) is 0 Å². The van der Waals surface area contributed by atoms with E-state index in [4.69, 9.17) is 11.6 Å². The van der Waals surface area contributed by atoms with Gasteiger partial charge in [-0.2, -0.15) is 0 Å². The topological polar surface area (TPSA) is 86.8 Å². The van der Waals surface area contributed by atoms with Crippen molar-refractivity contribution in [3.8, 4) is 0 Å². The molecule has 3 aromatic rings. The van der Waals surface area contributed by atoms with Crippen LogP contribution < -0.4 is 9.62 Å². The van der Waals surface area contributed by atoms with E-state index in [0.29, 0.717) is 11.6 Å². The fourth-order valence-electron chi connectivity index (χ4n) is 4.11. The number of amides is 2. The number of nitrogens with zero attached hydrogens (tertiary/aromatic N) is 2. The molecule has 7 nitrogen and oxygen atoms in total. The third-order valence-electron chi connectivity index (χ3n) is 6.20. The van der Waals surface area contributed by atoms with Crippen LogP contribution in [0.1, 0.15) is 30.5 Å². The first-order valence-corrected chi connectivity index (χ1v) is 15.1. The summed E-state index contributed by atoms with van der Waals surface area (Å²) >= 11 is 6.13. The molecule has 1 atom stereocenters. The van der Waals surface area contributed by atoms with Gasteiger partial charge >= 0.3 is 0 Å². The standard InChI is InChI=1S/C30H36ClN3O4S/c1-22(2)19-32-30(36)28(17-24-9-6-5-7-10-24)33(20-25-15-13-23(3)14-16-25)29(35)21-34(39(4,37)38)27-12-8-11-26(31)18-27/h5-16,18,22,28H,17,19-21H2,1-4H3,(H,32,36)/t28-/m1/s1. The SMILES string of the molecule is Cc1ccc(CN(C(=O)CN(c2cccc(Cl)c2)S(C)(=O)=O)[C@H](Cc2ccccc2)C(=O)NCC(C)C)cc1. The molecule has 3 rings (SSSR count). The van der Waals surface area contributed by atoms with Crippen molar-refractivity contribution >= 4 is 39.1 Å². The lowest BCUT2D eigenvalue weighted by atomic mass is 10.0. The van der Waals surface area contributed by atoms with Gasteiger partial charge in [0.05, 0.1) is 11.9 Å². The third kappa shape index (κ3) is 9.11. The van der Waals surface area contributed by atoms with Crippen LogP contribution in [-0.2, 0) is 32.6 Å². The molecule has 0 aliphatic heterocycles. The Balaban J connectivity index is 2.04. The maximum Gasteiger partial charge on any atom is 0.244 e. The van der Waals surface area contributed by atoms with Gasteiger partial charge in [0.15, 0.2) is 0 Å². The van der Waals surface area contributed by atoms with Crippen molar-refractivity contribution in [1.29, 1.82) is 0 Å². The number of sulfonamides is 1. The van der Waals surface area contributed by atoms with E-state index in [-0.39, 0.29) is 30.5 Å².